The average Bonchev–Trinajstić information content (AvgIpc) is 2.10. The van der Waals surface area contributed by atoms with E-state index in [0.29, 0.717) is 5.41 Å². The van der Waals surface area contributed by atoms with Crippen molar-refractivity contribution in [2.45, 2.75) is 41.2 Å². The maximum atomic E-state index is 4.22. The number of rotatable bonds is 3. The average molecular weight is 206 g/mol. The Balaban J connectivity index is 2.55. The molecule has 0 saturated heterocycles. The summed E-state index contributed by atoms with van der Waals surface area (Å²) in [6, 6.07) is 0. The van der Waals surface area contributed by atoms with Crippen molar-refractivity contribution in [1.82, 2.24) is 10.3 Å². The predicted molar refractivity (Wildman–Crippen MR) is 64.9 cm³/mol. The first kappa shape index (κ1) is 12.2. The molecule has 84 valence electrons. The topological polar surface area (TPSA) is 24.9 Å². The van der Waals surface area contributed by atoms with Gasteiger partial charge in [-0.1, -0.05) is 20.8 Å². The Labute approximate surface area is 93.1 Å². The maximum Gasteiger partial charge on any atom is 0.0315 e. The van der Waals surface area contributed by atoms with Gasteiger partial charge in [0.05, 0.1) is 0 Å². The summed E-state index contributed by atoms with van der Waals surface area (Å²) < 4.78 is 0. The third-order valence-electron chi connectivity index (χ3n) is 2.54. The minimum Gasteiger partial charge on any atom is -0.312 e. The smallest absolute Gasteiger partial charge is 0.0315 e. The number of aryl methyl sites for hydroxylation is 1. The first-order valence-electron chi connectivity index (χ1n) is 5.51. The van der Waals surface area contributed by atoms with Crippen molar-refractivity contribution < 1.29 is 0 Å². The number of nitrogens with one attached hydrogen (secondary N) is 1. The highest BCUT2D eigenvalue weighted by atomic mass is 14.9. The minimum atomic E-state index is 0.338. The molecule has 0 fully saturated rings. The lowest BCUT2D eigenvalue weighted by Crippen LogP contribution is -2.26. The van der Waals surface area contributed by atoms with Crippen LogP contribution in [0.2, 0.25) is 0 Å². The van der Waals surface area contributed by atoms with Gasteiger partial charge in [-0.15, -0.1) is 0 Å². The standard InChI is InChI=1S/C13H22N2/c1-10-6-14-7-12(11(10)2)8-15-9-13(3,4)5/h6-7,15H,8-9H2,1-5H3. The highest BCUT2D eigenvalue weighted by Crippen LogP contribution is 2.13. The number of hydrogen-bond acceptors (Lipinski definition) is 2. The van der Waals surface area contributed by atoms with E-state index in [-0.39, 0.29) is 0 Å². The zero-order valence-electron chi connectivity index (χ0n) is 10.5. The molecule has 0 bridgehead atoms. The van der Waals surface area contributed by atoms with Gasteiger partial charge < -0.3 is 5.32 Å². The summed E-state index contributed by atoms with van der Waals surface area (Å²) in [7, 11) is 0. The summed E-state index contributed by atoms with van der Waals surface area (Å²) >= 11 is 0. The normalized spacial score (nSPS) is 11.8. The van der Waals surface area contributed by atoms with Crippen LogP contribution in [0.1, 0.15) is 37.5 Å². The van der Waals surface area contributed by atoms with E-state index in [0.717, 1.165) is 13.1 Å². The number of pyridine rings is 1. The molecule has 15 heavy (non-hydrogen) atoms. The van der Waals surface area contributed by atoms with Crippen LogP contribution in [-0.2, 0) is 6.54 Å². The molecule has 0 aliphatic rings. The van der Waals surface area contributed by atoms with Gasteiger partial charge in [-0.05, 0) is 36.0 Å². The van der Waals surface area contributed by atoms with Crippen LogP contribution in [-0.4, -0.2) is 11.5 Å². The van der Waals surface area contributed by atoms with Gasteiger partial charge >= 0.3 is 0 Å². The van der Waals surface area contributed by atoms with Crippen molar-refractivity contribution in [2.24, 2.45) is 5.41 Å². The first-order chi connectivity index (χ1) is 6.90. The molecule has 0 spiro atoms. The molecule has 0 aliphatic heterocycles. The number of nitrogens with zero attached hydrogens (tertiary/aromatic N) is 1. The van der Waals surface area contributed by atoms with Crippen LogP contribution < -0.4 is 5.32 Å². The van der Waals surface area contributed by atoms with Gasteiger partial charge in [0.2, 0.25) is 0 Å². The lowest BCUT2D eigenvalue weighted by molar-refractivity contribution is 0.379. The molecule has 1 rings (SSSR count). The summed E-state index contributed by atoms with van der Waals surface area (Å²) in [4.78, 5) is 4.22. The number of aromatic nitrogens is 1. The van der Waals surface area contributed by atoms with Gasteiger partial charge in [0, 0.05) is 25.5 Å². The summed E-state index contributed by atoms with van der Waals surface area (Å²) in [5, 5.41) is 3.47. The van der Waals surface area contributed by atoms with E-state index in [1.165, 1.54) is 16.7 Å². The predicted octanol–water partition coefficient (Wildman–Crippen LogP) is 2.83. The first-order valence-corrected chi connectivity index (χ1v) is 5.51. The van der Waals surface area contributed by atoms with Gasteiger partial charge in [-0.25, -0.2) is 0 Å². The Morgan fingerprint density at radius 1 is 1.20 bits per heavy atom. The van der Waals surface area contributed by atoms with E-state index >= 15 is 0 Å². The maximum absolute atomic E-state index is 4.22. The number of hydrogen-bond donors (Lipinski definition) is 1. The molecule has 0 radical (unpaired) electrons. The Hall–Kier alpha value is -0.890. The van der Waals surface area contributed by atoms with E-state index < -0.39 is 0 Å². The molecule has 2 nitrogen and oxygen atoms in total. The summed E-state index contributed by atoms with van der Waals surface area (Å²) in [5.74, 6) is 0. The second kappa shape index (κ2) is 4.75. The summed E-state index contributed by atoms with van der Waals surface area (Å²) in [6.07, 6.45) is 3.88. The van der Waals surface area contributed by atoms with Crippen molar-refractivity contribution >= 4 is 0 Å². The van der Waals surface area contributed by atoms with Crippen LogP contribution in [0.3, 0.4) is 0 Å². The zero-order chi connectivity index (χ0) is 11.5. The van der Waals surface area contributed by atoms with E-state index in [2.05, 4.69) is 44.9 Å². The molecule has 2 heteroatoms. The van der Waals surface area contributed by atoms with Gasteiger partial charge in [0.1, 0.15) is 0 Å². The van der Waals surface area contributed by atoms with E-state index in [9.17, 15) is 0 Å². The Morgan fingerprint density at radius 2 is 1.87 bits per heavy atom. The molecule has 1 heterocycles. The molecule has 0 unspecified atom stereocenters. The van der Waals surface area contributed by atoms with Crippen LogP contribution in [0.15, 0.2) is 12.4 Å². The molecule has 0 aromatic carbocycles. The van der Waals surface area contributed by atoms with E-state index in [1.54, 1.807) is 0 Å². The molecule has 0 saturated carbocycles. The Bertz CT molecular complexity index is 324. The lowest BCUT2D eigenvalue weighted by atomic mass is 9.97. The Morgan fingerprint density at radius 3 is 2.47 bits per heavy atom. The fourth-order valence-corrected chi connectivity index (χ4v) is 1.44. The third-order valence-corrected chi connectivity index (χ3v) is 2.54. The van der Waals surface area contributed by atoms with Crippen LogP contribution in [0.4, 0.5) is 0 Å². The van der Waals surface area contributed by atoms with Gasteiger partial charge in [0.15, 0.2) is 0 Å². The molecule has 1 aromatic heterocycles. The van der Waals surface area contributed by atoms with Crippen molar-refractivity contribution in [3.63, 3.8) is 0 Å². The van der Waals surface area contributed by atoms with Crippen LogP contribution in [0.5, 0.6) is 0 Å². The highest BCUT2D eigenvalue weighted by molar-refractivity contribution is 5.29. The summed E-state index contributed by atoms with van der Waals surface area (Å²) in [6.45, 7) is 12.9. The van der Waals surface area contributed by atoms with Gasteiger partial charge in [-0.3, -0.25) is 4.98 Å². The molecular weight excluding hydrogens is 184 g/mol. The summed E-state index contributed by atoms with van der Waals surface area (Å²) in [5.41, 5.74) is 4.27. The van der Waals surface area contributed by atoms with Crippen LogP contribution in [0.25, 0.3) is 0 Å². The second-order valence-corrected chi connectivity index (χ2v) is 5.40. The molecule has 0 atom stereocenters. The molecule has 0 amide bonds. The molecule has 0 aliphatic carbocycles. The second-order valence-electron chi connectivity index (χ2n) is 5.40. The lowest BCUT2D eigenvalue weighted by Gasteiger charge is -2.19. The van der Waals surface area contributed by atoms with Gasteiger partial charge in [-0.2, -0.15) is 0 Å². The van der Waals surface area contributed by atoms with E-state index in [1.807, 2.05) is 12.4 Å². The quantitative estimate of drug-likeness (QED) is 0.822. The van der Waals surface area contributed by atoms with Crippen molar-refractivity contribution in [3.05, 3.63) is 29.1 Å². The fraction of sp³-hybridized carbons (Fsp3) is 0.615. The molecule has 1 N–H and O–H groups in total. The minimum absolute atomic E-state index is 0.338. The van der Waals surface area contributed by atoms with Crippen LogP contribution >= 0.6 is 0 Å². The van der Waals surface area contributed by atoms with Crippen LogP contribution in [0, 0.1) is 19.3 Å². The third kappa shape index (κ3) is 4.00. The monoisotopic (exact) mass is 206 g/mol. The molecular formula is C13H22N2. The van der Waals surface area contributed by atoms with Crippen molar-refractivity contribution in [3.8, 4) is 0 Å². The fourth-order valence-electron chi connectivity index (χ4n) is 1.44. The Kier molecular flexibility index (Phi) is 3.86. The zero-order valence-corrected chi connectivity index (χ0v) is 10.5. The van der Waals surface area contributed by atoms with E-state index in [4.69, 9.17) is 0 Å². The SMILES string of the molecule is Cc1cncc(CNCC(C)(C)C)c1C. The van der Waals surface area contributed by atoms with Crippen molar-refractivity contribution in [2.75, 3.05) is 6.54 Å². The van der Waals surface area contributed by atoms with Gasteiger partial charge in [0.25, 0.3) is 0 Å². The molecule has 1 aromatic rings. The van der Waals surface area contributed by atoms with Crippen molar-refractivity contribution in [1.29, 1.82) is 0 Å². The highest BCUT2D eigenvalue weighted by Gasteiger charge is 2.09. The largest absolute Gasteiger partial charge is 0.312 e.